The molecule has 3 aromatic heterocycles. The number of anilines is 2. The number of rotatable bonds is 8. The number of pyridine rings is 3. The SMILES string of the molecule is CCC(C)(N)c1cnc(OC2CC(S(=O)(=O)CC)C2)c2cnc(Nc3ccc4c(n3)[C@@H](C)[C@H](C)OC4=O)cc12. The van der Waals surface area contributed by atoms with Gasteiger partial charge in [-0.15, -0.1) is 0 Å². The summed E-state index contributed by atoms with van der Waals surface area (Å²) in [6.45, 7) is 9.48. The average molecular weight is 554 g/mol. The van der Waals surface area contributed by atoms with Crippen LogP contribution >= 0.6 is 0 Å². The zero-order chi connectivity index (χ0) is 28.1. The summed E-state index contributed by atoms with van der Waals surface area (Å²) >= 11 is 0. The molecule has 3 N–H and O–H groups in total. The Morgan fingerprint density at radius 3 is 2.56 bits per heavy atom. The molecule has 3 aromatic rings. The predicted molar refractivity (Wildman–Crippen MR) is 149 cm³/mol. The third-order valence-corrected chi connectivity index (χ3v) is 10.4. The molecule has 1 aliphatic carbocycles. The highest BCUT2D eigenvalue weighted by Gasteiger charge is 2.39. The van der Waals surface area contributed by atoms with Crippen molar-refractivity contribution in [3.63, 3.8) is 0 Å². The second kappa shape index (κ2) is 10.0. The molecular weight excluding hydrogens is 518 g/mol. The molecule has 1 aliphatic heterocycles. The Kier molecular flexibility index (Phi) is 7.00. The Morgan fingerprint density at radius 2 is 1.87 bits per heavy atom. The van der Waals surface area contributed by atoms with Crippen LogP contribution < -0.4 is 15.8 Å². The molecule has 11 heteroatoms. The van der Waals surface area contributed by atoms with Crippen LogP contribution in [-0.2, 0) is 20.1 Å². The number of hydrogen-bond acceptors (Lipinski definition) is 10. The summed E-state index contributed by atoms with van der Waals surface area (Å²) in [6, 6.07) is 5.34. The fraction of sp³-hybridized carbons (Fsp3) is 0.500. The maximum Gasteiger partial charge on any atom is 0.340 e. The van der Waals surface area contributed by atoms with E-state index in [2.05, 4.69) is 15.3 Å². The van der Waals surface area contributed by atoms with E-state index in [0.29, 0.717) is 53.4 Å². The summed E-state index contributed by atoms with van der Waals surface area (Å²) in [5.74, 6) is 1.25. The monoisotopic (exact) mass is 553 g/mol. The van der Waals surface area contributed by atoms with Crippen LogP contribution in [0.3, 0.4) is 0 Å². The highest BCUT2D eigenvalue weighted by atomic mass is 32.2. The first-order chi connectivity index (χ1) is 18.4. The summed E-state index contributed by atoms with van der Waals surface area (Å²) in [4.78, 5) is 26.1. The van der Waals surface area contributed by atoms with Gasteiger partial charge in [0.1, 0.15) is 23.8 Å². The standard InChI is InChI=1S/C28H35N5O5S/c1-6-28(5,29)22-14-31-26(38-17-10-18(11-17)39(35,36)7-2)21-13-30-24(12-20(21)22)32-23-9-8-19-25(33-23)15(3)16(4)37-27(19)34/h8-9,12-18H,6-7,10-11,29H2,1-5H3,(H,30,32,33)/t15-,16-,17?,18?,28?/m0/s1. The maximum atomic E-state index is 12.3. The summed E-state index contributed by atoms with van der Waals surface area (Å²) in [5, 5.41) is 4.44. The van der Waals surface area contributed by atoms with Crippen LogP contribution in [0.15, 0.2) is 30.6 Å². The Hall–Kier alpha value is -3.31. The second-order valence-electron chi connectivity index (χ2n) is 10.8. The molecule has 39 heavy (non-hydrogen) atoms. The molecule has 0 saturated heterocycles. The van der Waals surface area contributed by atoms with Gasteiger partial charge in [-0.05, 0) is 49.4 Å². The van der Waals surface area contributed by atoms with Crippen molar-refractivity contribution < 1.29 is 22.7 Å². The van der Waals surface area contributed by atoms with Crippen LogP contribution in [0.1, 0.15) is 81.4 Å². The molecule has 0 bridgehead atoms. The van der Waals surface area contributed by atoms with Crippen molar-refractivity contribution in [2.24, 2.45) is 5.73 Å². The Morgan fingerprint density at radius 1 is 1.13 bits per heavy atom. The topological polar surface area (TPSA) is 146 Å². The minimum atomic E-state index is -3.08. The minimum absolute atomic E-state index is 0.0395. The molecule has 0 aromatic carbocycles. The van der Waals surface area contributed by atoms with Crippen LogP contribution in [0.4, 0.5) is 11.6 Å². The average Bonchev–Trinajstić information content (AvgIpc) is 2.88. The lowest BCUT2D eigenvalue weighted by Crippen LogP contribution is -2.43. The highest BCUT2D eigenvalue weighted by Crippen LogP contribution is 2.38. The molecule has 3 atom stereocenters. The lowest BCUT2D eigenvalue weighted by Gasteiger charge is -2.34. The summed E-state index contributed by atoms with van der Waals surface area (Å²) in [7, 11) is -3.08. The number of nitrogens with two attached hydrogens (primary N) is 1. The van der Waals surface area contributed by atoms with E-state index in [1.807, 2.05) is 33.8 Å². The van der Waals surface area contributed by atoms with Gasteiger partial charge in [0.15, 0.2) is 9.84 Å². The third kappa shape index (κ3) is 5.05. The zero-order valence-electron chi connectivity index (χ0n) is 22.9. The first-order valence-corrected chi connectivity index (χ1v) is 15.1. The second-order valence-corrected chi connectivity index (χ2v) is 13.4. The summed E-state index contributed by atoms with van der Waals surface area (Å²) in [6.07, 6.45) is 4.53. The van der Waals surface area contributed by atoms with Gasteiger partial charge >= 0.3 is 5.97 Å². The highest BCUT2D eigenvalue weighted by molar-refractivity contribution is 7.92. The smallest absolute Gasteiger partial charge is 0.340 e. The van der Waals surface area contributed by atoms with Crippen LogP contribution in [-0.4, -0.2) is 52.5 Å². The lowest BCUT2D eigenvalue weighted by molar-refractivity contribution is 0.0235. The van der Waals surface area contributed by atoms with Gasteiger partial charge in [-0.2, -0.15) is 0 Å². The molecule has 1 unspecified atom stereocenters. The number of esters is 1. The molecule has 1 saturated carbocycles. The normalized spacial score (nSPS) is 24.3. The molecule has 0 radical (unpaired) electrons. The van der Waals surface area contributed by atoms with Gasteiger partial charge in [0.25, 0.3) is 0 Å². The van der Waals surface area contributed by atoms with Gasteiger partial charge in [0, 0.05) is 42.4 Å². The van der Waals surface area contributed by atoms with Gasteiger partial charge < -0.3 is 20.5 Å². The molecule has 10 nitrogen and oxygen atoms in total. The van der Waals surface area contributed by atoms with Gasteiger partial charge in [0.05, 0.1) is 21.9 Å². The van der Waals surface area contributed by atoms with E-state index < -0.39 is 15.4 Å². The van der Waals surface area contributed by atoms with E-state index in [1.54, 1.807) is 31.5 Å². The number of carbonyl (C=O) groups is 1. The van der Waals surface area contributed by atoms with E-state index in [-0.39, 0.29) is 35.1 Å². The number of nitrogens with zero attached hydrogens (tertiary/aromatic N) is 3. The number of carbonyl (C=O) groups excluding carboxylic acids is 1. The molecule has 0 spiro atoms. The predicted octanol–water partition coefficient (Wildman–Crippen LogP) is 4.36. The molecule has 2 aliphatic rings. The van der Waals surface area contributed by atoms with E-state index in [4.69, 9.17) is 20.2 Å². The fourth-order valence-electron chi connectivity index (χ4n) is 4.97. The maximum absolute atomic E-state index is 12.3. The fourth-order valence-corrected chi connectivity index (χ4v) is 6.46. The van der Waals surface area contributed by atoms with Crippen molar-refractivity contribution in [2.75, 3.05) is 11.1 Å². The molecular formula is C28H35N5O5S. The van der Waals surface area contributed by atoms with Crippen LogP contribution in [0.25, 0.3) is 10.8 Å². The number of nitrogens with one attached hydrogen (secondary N) is 1. The number of fused-ring (bicyclic) bond motifs is 2. The number of cyclic esters (lactones) is 1. The zero-order valence-corrected chi connectivity index (χ0v) is 23.7. The third-order valence-electron chi connectivity index (χ3n) is 8.15. The number of ether oxygens (including phenoxy) is 2. The Labute approximate surface area is 228 Å². The molecule has 1 fully saturated rings. The number of sulfone groups is 1. The van der Waals surface area contributed by atoms with Crippen molar-refractivity contribution in [3.05, 3.63) is 47.4 Å². The minimum Gasteiger partial charge on any atom is -0.474 e. The van der Waals surface area contributed by atoms with E-state index in [9.17, 15) is 13.2 Å². The molecule has 208 valence electrons. The largest absolute Gasteiger partial charge is 0.474 e. The molecule has 4 heterocycles. The molecule has 0 amide bonds. The van der Waals surface area contributed by atoms with Crippen molar-refractivity contribution in [1.29, 1.82) is 0 Å². The summed E-state index contributed by atoms with van der Waals surface area (Å²) in [5.41, 5.74) is 8.02. The Bertz CT molecular complexity index is 1530. The number of aromatic nitrogens is 3. The summed E-state index contributed by atoms with van der Waals surface area (Å²) < 4.78 is 35.9. The van der Waals surface area contributed by atoms with Crippen LogP contribution in [0, 0.1) is 0 Å². The van der Waals surface area contributed by atoms with Gasteiger partial charge in [-0.3, -0.25) is 0 Å². The van der Waals surface area contributed by atoms with Crippen LogP contribution in [0.5, 0.6) is 5.88 Å². The van der Waals surface area contributed by atoms with Crippen LogP contribution in [0.2, 0.25) is 0 Å². The van der Waals surface area contributed by atoms with Gasteiger partial charge in [0.2, 0.25) is 5.88 Å². The van der Waals surface area contributed by atoms with Gasteiger partial charge in [-0.25, -0.2) is 28.2 Å². The van der Waals surface area contributed by atoms with Crippen molar-refractivity contribution in [3.8, 4) is 5.88 Å². The Balaban J connectivity index is 1.47. The first-order valence-electron chi connectivity index (χ1n) is 13.4. The van der Waals surface area contributed by atoms with Crippen molar-refractivity contribution in [2.45, 2.75) is 82.8 Å². The van der Waals surface area contributed by atoms with Gasteiger partial charge in [-0.1, -0.05) is 20.8 Å². The quantitative estimate of drug-likeness (QED) is 0.386. The number of hydrogen-bond donors (Lipinski definition) is 2. The first kappa shape index (κ1) is 27.3. The van der Waals surface area contributed by atoms with E-state index in [1.165, 1.54) is 0 Å². The van der Waals surface area contributed by atoms with Crippen molar-refractivity contribution >= 4 is 38.2 Å². The lowest BCUT2D eigenvalue weighted by atomic mass is 9.88. The van der Waals surface area contributed by atoms with Crippen molar-refractivity contribution in [1.82, 2.24) is 15.0 Å². The van der Waals surface area contributed by atoms with E-state index in [0.717, 1.165) is 10.9 Å². The van der Waals surface area contributed by atoms with E-state index >= 15 is 0 Å². The molecule has 5 rings (SSSR count).